The van der Waals surface area contributed by atoms with E-state index in [4.69, 9.17) is 4.74 Å². The normalized spacial score (nSPS) is 17.5. The first kappa shape index (κ1) is 22.5. The number of halogens is 2. The Labute approximate surface area is 191 Å². The lowest BCUT2D eigenvalue weighted by atomic mass is 9.82. The van der Waals surface area contributed by atoms with Gasteiger partial charge in [-0.3, -0.25) is 9.59 Å². The fraction of sp³-hybridized carbons (Fsp3) is 0.231. The maximum Gasteiger partial charge on any atom is 0.255 e. The van der Waals surface area contributed by atoms with Crippen LogP contribution in [0.5, 0.6) is 5.75 Å². The van der Waals surface area contributed by atoms with E-state index in [9.17, 15) is 18.4 Å². The SMILES string of the molecule is COc1cccc(CNC(=O)C2(C)Cc3ccccc3C(=O)N2Cc2cc(F)cc(F)c2)c1. The van der Waals surface area contributed by atoms with Crippen LogP contribution in [0.2, 0.25) is 0 Å². The number of carbonyl (C=O) groups excluding carboxylic acids is 2. The number of nitrogens with zero attached hydrogens (tertiary/aromatic N) is 1. The van der Waals surface area contributed by atoms with Crippen LogP contribution in [0.4, 0.5) is 8.78 Å². The first-order valence-corrected chi connectivity index (χ1v) is 10.6. The van der Waals surface area contributed by atoms with Crippen molar-refractivity contribution in [1.82, 2.24) is 10.2 Å². The van der Waals surface area contributed by atoms with Gasteiger partial charge in [0.15, 0.2) is 0 Å². The molecule has 1 atom stereocenters. The monoisotopic (exact) mass is 450 g/mol. The van der Waals surface area contributed by atoms with E-state index in [1.165, 1.54) is 17.0 Å². The fourth-order valence-corrected chi connectivity index (χ4v) is 4.21. The van der Waals surface area contributed by atoms with E-state index in [-0.39, 0.29) is 36.9 Å². The number of fused-ring (bicyclic) bond motifs is 1. The number of ether oxygens (including phenoxy) is 1. The van der Waals surface area contributed by atoms with Crippen molar-refractivity contribution in [3.63, 3.8) is 0 Å². The van der Waals surface area contributed by atoms with Crippen molar-refractivity contribution >= 4 is 11.8 Å². The van der Waals surface area contributed by atoms with Crippen LogP contribution in [-0.2, 0) is 24.3 Å². The van der Waals surface area contributed by atoms with Crippen LogP contribution in [0.15, 0.2) is 66.7 Å². The van der Waals surface area contributed by atoms with Gasteiger partial charge in [0.25, 0.3) is 5.91 Å². The van der Waals surface area contributed by atoms with E-state index < -0.39 is 17.2 Å². The Hall–Kier alpha value is -3.74. The molecular weight excluding hydrogens is 426 g/mol. The molecule has 0 saturated heterocycles. The van der Waals surface area contributed by atoms with Gasteiger partial charge in [0, 0.05) is 31.1 Å². The summed E-state index contributed by atoms with van der Waals surface area (Å²) in [4.78, 5) is 28.3. The van der Waals surface area contributed by atoms with Crippen molar-refractivity contribution in [2.45, 2.75) is 32.0 Å². The zero-order chi connectivity index (χ0) is 23.6. The lowest BCUT2D eigenvalue weighted by Gasteiger charge is -2.44. The van der Waals surface area contributed by atoms with Crippen LogP contribution in [0.25, 0.3) is 0 Å². The highest BCUT2D eigenvalue weighted by Crippen LogP contribution is 2.33. The molecule has 1 N–H and O–H groups in total. The number of benzene rings is 3. The van der Waals surface area contributed by atoms with E-state index >= 15 is 0 Å². The quantitative estimate of drug-likeness (QED) is 0.611. The molecule has 0 spiro atoms. The first-order valence-electron chi connectivity index (χ1n) is 10.6. The summed E-state index contributed by atoms with van der Waals surface area (Å²) in [5.74, 6) is -1.52. The van der Waals surface area contributed by atoms with Gasteiger partial charge in [-0.25, -0.2) is 8.78 Å². The molecule has 1 unspecified atom stereocenters. The number of methoxy groups -OCH3 is 1. The summed E-state index contributed by atoms with van der Waals surface area (Å²) < 4.78 is 32.8. The molecule has 4 rings (SSSR count). The zero-order valence-corrected chi connectivity index (χ0v) is 18.4. The Morgan fingerprint density at radius 3 is 2.48 bits per heavy atom. The Kier molecular flexibility index (Phi) is 6.14. The summed E-state index contributed by atoms with van der Waals surface area (Å²) >= 11 is 0. The van der Waals surface area contributed by atoms with Gasteiger partial charge in [0.1, 0.15) is 22.9 Å². The predicted octanol–water partition coefficient (Wildman–Crippen LogP) is 4.25. The summed E-state index contributed by atoms with van der Waals surface area (Å²) in [5.41, 5.74) is 1.09. The second kappa shape index (κ2) is 9.02. The zero-order valence-electron chi connectivity index (χ0n) is 18.4. The number of rotatable bonds is 6. The number of hydrogen-bond acceptors (Lipinski definition) is 3. The summed E-state index contributed by atoms with van der Waals surface area (Å²) in [6.07, 6.45) is 0.274. The molecule has 0 fully saturated rings. The molecule has 0 aromatic heterocycles. The number of amides is 2. The van der Waals surface area contributed by atoms with E-state index in [1.54, 1.807) is 26.2 Å². The summed E-state index contributed by atoms with van der Waals surface area (Å²) in [6.45, 7) is 1.81. The second-order valence-corrected chi connectivity index (χ2v) is 8.31. The third-order valence-electron chi connectivity index (χ3n) is 5.96. The average Bonchev–Trinajstić information content (AvgIpc) is 2.79. The molecule has 1 heterocycles. The summed E-state index contributed by atoms with van der Waals surface area (Å²) in [6, 6.07) is 17.5. The van der Waals surface area contributed by atoms with Gasteiger partial charge >= 0.3 is 0 Å². The molecule has 7 heteroatoms. The Bertz CT molecular complexity index is 1190. The number of nitrogens with one attached hydrogen (secondary N) is 1. The molecule has 3 aromatic rings. The fourth-order valence-electron chi connectivity index (χ4n) is 4.21. The van der Waals surface area contributed by atoms with E-state index in [0.29, 0.717) is 11.3 Å². The van der Waals surface area contributed by atoms with Crippen molar-refractivity contribution in [1.29, 1.82) is 0 Å². The van der Waals surface area contributed by atoms with Gasteiger partial charge in [-0.15, -0.1) is 0 Å². The van der Waals surface area contributed by atoms with Gasteiger partial charge in [0.2, 0.25) is 5.91 Å². The highest BCUT2D eigenvalue weighted by Gasteiger charge is 2.46. The van der Waals surface area contributed by atoms with Crippen LogP contribution < -0.4 is 10.1 Å². The maximum atomic E-state index is 13.8. The molecule has 2 amide bonds. The third-order valence-corrected chi connectivity index (χ3v) is 5.96. The Balaban J connectivity index is 1.65. The van der Waals surface area contributed by atoms with Crippen LogP contribution in [0.3, 0.4) is 0 Å². The van der Waals surface area contributed by atoms with Gasteiger partial charge in [-0.2, -0.15) is 0 Å². The second-order valence-electron chi connectivity index (χ2n) is 8.31. The van der Waals surface area contributed by atoms with E-state index in [1.807, 2.05) is 36.4 Å². The largest absolute Gasteiger partial charge is 0.497 e. The minimum absolute atomic E-state index is 0.106. The molecule has 0 bridgehead atoms. The summed E-state index contributed by atoms with van der Waals surface area (Å²) in [7, 11) is 1.57. The molecule has 3 aromatic carbocycles. The van der Waals surface area contributed by atoms with Crippen LogP contribution in [0.1, 0.15) is 34.0 Å². The van der Waals surface area contributed by atoms with Gasteiger partial charge in [0.05, 0.1) is 7.11 Å². The van der Waals surface area contributed by atoms with Crippen molar-refractivity contribution in [3.05, 3.63) is 101 Å². The van der Waals surface area contributed by atoms with Crippen molar-refractivity contribution in [3.8, 4) is 5.75 Å². The van der Waals surface area contributed by atoms with Crippen LogP contribution >= 0.6 is 0 Å². The third kappa shape index (κ3) is 4.58. The minimum atomic E-state index is -1.26. The standard InChI is InChI=1S/C26H24F2N2O3/c1-26(25(32)29-15-17-6-5-8-22(12-17)33-2)14-19-7-3-4-9-23(19)24(31)30(26)16-18-10-20(27)13-21(28)11-18/h3-13H,14-16H2,1-2H3,(H,29,32). The maximum absolute atomic E-state index is 13.8. The minimum Gasteiger partial charge on any atom is -0.497 e. The molecule has 170 valence electrons. The molecule has 0 radical (unpaired) electrons. The summed E-state index contributed by atoms with van der Waals surface area (Å²) in [5, 5.41) is 2.91. The van der Waals surface area contributed by atoms with Crippen molar-refractivity contribution in [2.24, 2.45) is 0 Å². The number of hydrogen-bond donors (Lipinski definition) is 1. The van der Waals surface area contributed by atoms with Gasteiger partial charge in [-0.05, 0) is 53.9 Å². The molecule has 33 heavy (non-hydrogen) atoms. The predicted molar refractivity (Wildman–Crippen MR) is 120 cm³/mol. The Morgan fingerprint density at radius 1 is 1.03 bits per heavy atom. The molecule has 0 saturated carbocycles. The van der Waals surface area contributed by atoms with Crippen LogP contribution in [0, 0.1) is 11.6 Å². The van der Waals surface area contributed by atoms with Crippen molar-refractivity contribution in [2.75, 3.05) is 7.11 Å². The lowest BCUT2D eigenvalue weighted by Crippen LogP contribution is -2.62. The topological polar surface area (TPSA) is 58.6 Å². The average molecular weight is 450 g/mol. The first-order chi connectivity index (χ1) is 15.8. The molecule has 5 nitrogen and oxygen atoms in total. The highest BCUT2D eigenvalue weighted by molar-refractivity contribution is 6.02. The van der Waals surface area contributed by atoms with Gasteiger partial charge in [-0.1, -0.05) is 30.3 Å². The highest BCUT2D eigenvalue weighted by atomic mass is 19.1. The van der Waals surface area contributed by atoms with E-state index in [0.717, 1.165) is 17.2 Å². The molecule has 1 aliphatic rings. The molecule has 0 aliphatic carbocycles. The van der Waals surface area contributed by atoms with Crippen LogP contribution in [-0.4, -0.2) is 29.4 Å². The molecular formula is C26H24F2N2O3. The lowest BCUT2D eigenvalue weighted by molar-refractivity contribution is -0.132. The van der Waals surface area contributed by atoms with Gasteiger partial charge < -0.3 is 15.0 Å². The smallest absolute Gasteiger partial charge is 0.255 e. The van der Waals surface area contributed by atoms with Crippen molar-refractivity contribution < 1.29 is 23.1 Å². The number of carbonyl (C=O) groups is 2. The molecule has 1 aliphatic heterocycles. The Morgan fingerprint density at radius 2 is 1.76 bits per heavy atom. The van der Waals surface area contributed by atoms with E-state index in [2.05, 4.69) is 5.32 Å².